The molecular weight excluding hydrogens is 260 g/mol. The van der Waals surface area contributed by atoms with Crippen molar-refractivity contribution in [3.8, 4) is 0 Å². The molecule has 0 unspecified atom stereocenters. The number of hydrogen-bond donors (Lipinski definition) is 2. The van der Waals surface area contributed by atoms with E-state index in [0.717, 1.165) is 25.3 Å². The molecule has 0 radical (unpaired) electrons. The lowest BCUT2D eigenvalue weighted by Crippen LogP contribution is -2.46. The quantitative estimate of drug-likeness (QED) is 0.790. The van der Waals surface area contributed by atoms with Gasteiger partial charge in [-0.15, -0.1) is 0 Å². The molecule has 0 saturated heterocycles. The summed E-state index contributed by atoms with van der Waals surface area (Å²) in [4.78, 5) is 12.0. The molecule has 3 heteroatoms. The Hall–Kier alpha value is -1.35. The lowest BCUT2D eigenvalue weighted by molar-refractivity contribution is -0.121. The summed E-state index contributed by atoms with van der Waals surface area (Å²) in [5.74, 6) is 1.44. The Labute approximate surface area is 128 Å². The highest BCUT2D eigenvalue weighted by atomic mass is 16.1. The van der Waals surface area contributed by atoms with Gasteiger partial charge in [0.2, 0.25) is 5.91 Å². The molecule has 2 N–H and O–H groups in total. The number of carbonyl (C=O) groups is 1. The molecule has 2 rings (SSSR count). The molecule has 3 nitrogen and oxygen atoms in total. The zero-order valence-corrected chi connectivity index (χ0v) is 13.3. The van der Waals surface area contributed by atoms with Gasteiger partial charge in [-0.2, -0.15) is 0 Å². The largest absolute Gasteiger partial charge is 0.352 e. The van der Waals surface area contributed by atoms with E-state index in [4.69, 9.17) is 0 Å². The van der Waals surface area contributed by atoms with E-state index in [1.807, 2.05) is 18.2 Å². The van der Waals surface area contributed by atoms with Gasteiger partial charge in [0.05, 0.1) is 6.54 Å². The summed E-state index contributed by atoms with van der Waals surface area (Å²) in [5, 5.41) is 6.43. The van der Waals surface area contributed by atoms with Crippen molar-refractivity contribution in [2.45, 2.75) is 45.6 Å². The maximum absolute atomic E-state index is 12.0. The lowest BCUT2D eigenvalue weighted by atomic mass is 9.78. The first-order chi connectivity index (χ1) is 10.2. The highest BCUT2D eigenvalue weighted by Crippen LogP contribution is 2.29. The molecule has 1 saturated carbocycles. The van der Waals surface area contributed by atoms with Crippen LogP contribution in [0.3, 0.4) is 0 Å². The zero-order valence-electron chi connectivity index (χ0n) is 13.3. The maximum Gasteiger partial charge on any atom is 0.234 e. The number of rotatable bonds is 6. The zero-order chi connectivity index (χ0) is 15.1. The van der Waals surface area contributed by atoms with Crippen molar-refractivity contribution in [2.75, 3.05) is 13.1 Å². The van der Waals surface area contributed by atoms with Gasteiger partial charge in [0.25, 0.3) is 0 Å². The smallest absolute Gasteiger partial charge is 0.234 e. The minimum Gasteiger partial charge on any atom is -0.352 e. The van der Waals surface area contributed by atoms with Crippen LogP contribution in [0.4, 0.5) is 0 Å². The summed E-state index contributed by atoms with van der Waals surface area (Å²) in [6.07, 6.45) is 4.62. The Kier molecular flexibility index (Phi) is 6.24. The number of benzene rings is 1. The van der Waals surface area contributed by atoms with Crippen molar-refractivity contribution in [3.63, 3.8) is 0 Å². The van der Waals surface area contributed by atoms with E-state index in [-0.39, 0.29) is 5.91 Å². The van der Waals surface area contributed by atoms with Crippen LogP contribution in [0, 0.1) is 11.8 Å². The Bertz CT molecular complexity index is 432. The second kappa shape index (κ2) is 8.18. The normalized spacial score (nSPS) is 25.5. The molecule has 0 heterocycles. The van der Waals surface area contributed by atoms with Gasteiger partial charge in [-0.05, 0) is 36.8 Å². The third-order valence-electron chi connectivity index (χ3n) is 4.77. The van der Waals surface area contributed by atoms with Gasteiger partial charge in [-0.25, -0.2) is 0 Å². The molecule has 1 aromatic carbocycles. The molecule has 3 atom stereocenters. The van der Waals surface area contributed by atoms with Crippen molar-refractivity contribution in [1.29, 1.82) is 0 Å². The number of amides is 1. The lowest BCUT2D eigenvalue weighted by Gasteiger charge is -2.34. The second-order valence-electron chi connectivity index (χ2n) is 6.35. The van der Waals surface area contributed by atoms with Gasteiger partial charge in [-0.3, -0.25) is 4.79 Å². The van der Waals surface area contributed by atoms with E-state index in [0.29, 0.717) is 18.5 Å². The van der Waals surface area contributed by atoms with E-state index in [2.05, 4.69) is 36.6 Å². The number of nitrogens with one attached hydrogen (secondary N) is 2. The molecule has 1 aromatic rings. The van der Waals surface area contributed by atoms with Crippen LogP contribution in [0.2, 0.25) is 0 Å². The summed E-state index contributed by atoms with van der Waals surface area (Å²) in [5.41, 5.74) is 1.31. The Morgan fingerprint density at radius 2 is 1.95 bits per heavy atom. The number of hydrogen-bond acceptors (Lipinski definition) is 2. The molecule has 0 spiro atoms. The van der Waals surface area contributed by atoms with Crippen molar-refractivity contribution < 1.29 is 4.79 Å². The molecule has 1 aliphatic carbocycles. The Morgan fingerprint density at radius 3 is 2.71 bits per heavy atom. The fourth-order valence-corrected chi connectivity index (χ4v) is 3.12. The van der Waals surface area contributed by atoms with Crippen molar-refractivity contribution >= 4 is 5.91 Å². The highest BCUT2D eigenvalue weighted by Gasteiger charge is 2.27. The van der Waals surface area contributed by atoms with E-state index >= 15 is 0 Å². The van der Waals surface area contributed by atoms with E-state index in [9.17, 15) is 4.79 Å². The SMILES string of the molecule is C[C@H]1[C@@H](C)CCC[C@H]1NC(=O)CNCCc1ccccc1. The average Bonchev–Trinajstić information content (AvgIpc) is 2.49. The fourth-order valence-electron chi connectivity index (χ4n) is 3.12. The number of carbonyl (C=O) groups excluding carboxylic acids is 1. The first-order valence-corrected chi connectivity index (χ1v) is 8.21. The standard InChI is InChI=1S/C18H28N2O/c1-14-7-6-10-17(15(14)2)20-18(21)13-19-12-11-16-8-4-3-5-9-16/h3-5,8-9,14-15,17,19H,6-7,10-13H2,1-2H3,(H,20,21)/t14-,15-,17+/m0/s1. The first kappa shape index (κ1) is 16.0. The Balaban J connectivity index is 1.63. The van der Waals surface area contributed by atoms with Crippen molar-refractivity contribution in [3.05, 3.63) is 35.9 Å². The molecule has 1 aliphatic rings. The summed E-state index contributed by atoms with van der Waals surface area (Å²) >= 11 is 0. The van der Waals surface area contributed by atoms with E-state index in [1.165, 1.54) is 18.4 Å². The molecule has 0 bridgehead atoms. The summed E-state index contributed by atoms with van der Waals surface area (Å²) in [6, 6.07) is 10.7. The first-order valence-electron chi connectivity index (χ1n) is 8.21. The molecular formula is C18H28N2O. The molecule has 21 heavy (non-hydrogen) atoms. The minimum atomic E-state index is 0.133. The van der Waals surface area contributed by atoms with Crippen LogP contribution in [0.5, 0.6) is 0 Å². The molecule has 0 aromatic heterocycles. The predicted molar refractivity (Wildman–Crippen MR) is 87.1 cm³/mol. The summed E-state index contributed by atoms with van der Waals surface area (Å²) in [6.45, 7) is 5.82. The van der Waals surface area contributed by atoms with Crippen LogP contribution in [-0.2, 0) is 11.2 Å². The van der Waals surface area contributed by atoms with Crippen LogP contribution in [-0.4, -0.2) is 25.0 Å². The fraction of sp³-hybridized carbons (Fsp3) is 0.611. The van der Waals surface area contributed by atoms with Crippen LogP contribution in [0.1, 0.15) is 38.7 Å². The summed E-state index contributed by atoms with van der Waals surface area (Å²) in [7, 11) is 0. The molecule has 116 valence electrons. The van der Waals surface area contributed by atoms with E-state index in [1.54, 1.807) is 0 Å². The molecule has 1 amide bonds. The monoisotopic (exact) mass is 288 g/mol. The topological polar surface area (TPSA) is 41.1 Å². The van der Waals surface area contributed by atoms with Gasteiger partial charge in [0.1, 0.15) is 0 Å². The molecule has 0 aliphatic heterocycles. The van der Waals surface area contributed by atoms with Crippen LogP contribution >= 0.6 is 0 Å². The third-order valence-corrected chi connectivity index (χ3v) is 4.77. The van der Waals surface area contributed by atoms with Crippen LogP contribution < -0.4 is 10.6 Å². The van der Waals surface area contributed by atoms with Gasteiger partial charge >= 0.3 is 0 Å². The van der Waals surface area contributed by atoms with E-state index < -0.39 is 0 Å². The van der Waals surface area contributed by atoms with Crippen molar-refractivity contribution in [2.24, 2.45) is 11.8 Å². The Morgan fingerprint density at radius 1 is 1.19 bits per heavy atom. The van der Waals surface area contributed by atoms with Crippen molar-refractivity contribution in [1.82, 2.24) is 10.6 Å². The van der Waals surface area contributed by atoms with Gasteiger partial charge in [0.15, 0.2) is 0 Å². The second-order valence-corrected chi connectivity index (χ2v) is 6.35. The van der Waals surface area contributed by atoms with Crippen LogP contribution in [0.15, 0.2) is 30.3 Å². The predicted octanol–water partition coefficient (Wildman–Crippen LogP) is 2.76. The third kappa shape index (κ3) is 5.16. The summed E-state index contributed by atoms with van der Waals surface area (Å²) < 4.78 is 0. The van der Waals surface area contributed by atoms with Gasteiger partial charge in [-0.1, -0.05) is 57.0 Å². The highest BCUT2D eigenvalue weighted by molar-refractivity contribution is 5.78. The average molecular weight is 288 g/mol. The molecule has 1 fully saturated rings. The van der Waals surface area contributed by atoms with Gasteiger partial charge < -0.3 is 10.6 Å². The van der Waals surface area contributed by atoms with Gasteiger partial charge in [0, 0.05) is 6.04 Å². The minimum absolute atomic E-state index is 0.133. The maximum atomic E-state index is 12.0. The van der Waals surface area contributed by atoms with Crippen LogP contribution in [0.25, 0.3) is 0 Å².